The summed E-state index contributed by atoms with van der Waals surface area (Å²) in [6.45, 7) is 1.60. The fourth-order valence-electron chi connectivity index (χ4n) is 2.32. The molecule has 2 aromatic carbocycles. The number of nitro benzene ring substituents is 1. The highest BCUT2D eigenvalue weighted by Gasteiger charge is 2.20. The van der Waals surface area contributed by atoms with Crippen LogP contribution in [0.15, 0.2) is 24.3 Å². The Morgan fingerprint density at radius 2 is 1.43 bits per heavy atom. The maximum Gasteiger partial charge on any atom is 0.340 e. The molecule has 0 saturated heterocycles. The van der Waals surface area contributed by atoms with Crippen molar-refractivity contribution in [3.8, 4) is 11.5 Å². The molecule has 0 saturated carbocycles. The summed E-state index contributed by atoms with van der Waals surface area (Å²) in [7, 11) is 5.10. The van der Waals surface area contributed by atoms with Crippen LogP contribution < -0.4 is 15.2 Å². The second kappa shape index (κ2) is 10.6. The third-order valence-electron chi connectivity index (χ3n) is 3.85. The van der Waals surface area contributed by atoms with Crippen molar-refractivity contribution in [2.24, 2.45) is 0 Å². The van der Waals surface area contributed by atoms with E-state index in [4.69, 9.17) is 15.2 Å². The molecule has 0 aromatic heterocycles. The van der Waals surface area contributed by atoms with Gasteiger partial charge in [0.2, 0.25) is 0 Å². The highest BCUT2D eigenvalue weighted by atomic mass is 19.1. The molecule has 0 spiro atoms. The molecule has 10 nitrogen and oxygen atoms in total. The molecule has 0 amide bonds. The first-order chi connectivity index (χ1) is 14.1. The molecule has 0 bridgehead atoms. The molecule has 2 N–H and O–H groups in total. The van der Waals surface area contributed by atoms with Gasteiger partial charge in [-0.3, -0.25) is 10.1 Å². The number of carbonyl (C=O) groups excluding carboxylic acids is 2. The molecule has 0 unspecified atom stereocenters. The molecule has 0 aliphatic rings. The first kappa shape index (κ1) is 24.1. The normalized spacial score (nSPS) is 9.67. The summed E-state index contributed by atoms with van der Waals surface area (Å²) in [4.78, 5) is 32.5. The number of ether oxygens (including phenoxy) is 4. The number of carbonyl (C=O) groups is 2. The SMILES string of the molecule is COC(=O)c1cc(OC)c(N)cc1F.COC(=O)c1cc(OC)c([N+](=O)[O-])cc1C. The quantitative estimate of drug-likeness (QED) is 0.332. The lowest BCUT2D eigenvalue weighted by atomic mass is 10.1. The molecule has 0 radical (unpaired) electrons. The van der Waals surface area contributed by atoms with Crippen LogP contribution in [0.5, 0.6) is 11.5 Å². The van der Waals surface area contributed by atoms with E-state index in [2.05, 4.69) is 9.47 Å². The Morgan fingerprint density at radius 3 is 1.90 bits per heavy atom. The maximum absolute atomic E-state index is 13.2. The molecule has 11 heteroatoms. The monoisotopic (exact) mass is 424 g/mol. The van der Waals surface area contributed by atoms with E-state index in [1.165, 1.54) is 46.6 Å². The lowest BCUT2D eigenvalue weighted by Gasteiger charge is -2.07. The average molecular weight is 424 g/mol. The Labute approximate surface area is 171 Å². The van der Waals surface area contributed by atoms with Gasteiger partial charge in [-0.25, -0.2) is 14.0 Å². The number of hydrogen-bond acceptors (Lipinski definition) is 9. The molecular weight excluding hydrogens is 403 g/mol. The van der Waals surface area contributed by atoms with Gasteiger partial charge in [0.15, 0.2) is 5.75 Å². The largest absolute Gasteiger partial charge is 0.495 e. The van der Waals surface area contributed by atoms with E-state index < -0.39 is 22.7 Å². The number of esters is 2. The minimum Gasteiger partial charge on any atom is -0.495 e. The third-order valence-corrected chi connectivity index (χ3v) is 3.85. The van der Waals surface area contributed by atoms with E-state index >= 15 is 0 Å². The molecule has 0 atom stereocenters. The van der Waals surface area contributed by atoms with Crippen LogP contribution in [0, 0.1) is 22.9 Å². The van der Waals surface area contributed by atoms with Gasteiger partial charge < -0.3 is 24.7 Å². The van der Waals surface area contributed by atoms with Crippen LogP contribution in [-0.2, 0) is 9.47 Å². The van der Waals surface area contributed by atoms with Crippen LogP contribution in [0.25, 0.3) is 0 Å². The van der Waals surface area contributed by atoms with E-state index in [1.807, 2.05) is 0 Å². The Kier molecular flexibility index (Phi) is 8.53. The zero-order chi connectivity index (χ0) is 23.0. The van der Waals surface area contributed by atoms with Crippen LogP contribution >= 0.6 is 0 Å². The topological polar surface area (TPSA) is 140 Å². The van der Waals surface area contributed by atoms with E-state index in [9.17, 15) is 24.1 Å². The predicted octanol–water partition coefficient (Wildman–Crippen LogP) is 2.90. The lowest BCUT2D eigenvalue weighted by molar-refractivity contribution is -0.385. The number of methoxy groups -OCH3 is 4. The van der Waals surface area contributed by atoms with Crippen molar-refractivity contribution >= 4 is 23.3 Å². The van der Waals surface area contributed by atoms with Crippen molar-refractivity contribution in [3.05, 3.63) is 56.9 Å². The molecule has 2 rings (SSSR count). The summed E-state index contributed by atoms with van der Waals surface area (Å²) in [6.07, 6.45) is 0. The minimum absolute atomic E-state index is 0.0380. The molecule has 162 valence electrons. The number of anilines is 1. The molecule has 0 fully saturated rings. The number of nitrogens with two attached hydrogens (primary N) is 1. The number of rotatable bonds is 5. The van der Waals surface area contributed by atoms with E-state index in [1.54, 1.807) is 6.92 Å². The molecule has 0 heterocycles. The Hall–Kier alpha value is -3.89. The van der Waals surface area contributed by atoms with E-state index in [-0.39, 0.29) is 34.0 Å². The van der Waals surface area contributed by atoms with Crippen molar-refractivity contribution in [1.82, 2.24) is 0 Å². The minimum atomic E-state index is -0.763. The summed E-state index contributed by atoms with van der Waals surface area (Å²) in [5.74, 6) is -1.76. The van der Waals surface area contributed by atoms with Gasteiger partial charge in [-0.1, -0.05) is 0 Å². The summed E-state index contributed by atoms with van der Waals surface area (Å²) in [5.41, 5.74) is 5.92. The number of hydrogen-bond donors (Lipinski definition) is 1. The van der Waals surface area contributed by atoms with Crippen LogP contribution in [0.4, 0.5) is 15.8 Å². The smallest absolute Gasteiger partial charge is 0.340 e. The van der Waals surface area contributed by atoms with Crippen LogP contribution in [0.1, 0.15) is 26.3 Å². The van der Waals surface area contributed by atoms with Gasteiger partial charge in [-0.2, -0.15) is 0 Å². The van der Waals surface area contributed by atoms with Gasteiger partial charge >= 0.3 is 17.6 Å². The van der Waals surface area contributed by atoms with Gasteiger partial charge in [-0.15, -0.1) is 0 Å². The number of nitrogens with zero attached hydrogens (tertiary/aromatic N) is 1. The second-order valence-corrected chi connectivity index (χ2v) is 5.65. The molecule has 0 aliphatic carbocycles. The van der Waals surface area contributed by atoms with Crippen molar-refractivity contribution in [2.75, 3.05) is 34.2 Å². The summed E-state index contributed by atoms with van der Waals surface area (Å²) >= 11 is 0. The Balaban J connectivity index is 0.000000303. The van der Waals surface area contributed by atoms with Gasteiger partial charge in [0.25, 0.3) is 0 Å². The molecule has 30 heavy (non-hydrogen) atoms. The Bertz CT molecular complexity index is 962. The second-order valence-electron chi connectivity index (χ2n) is 5.65. The number of benzene rings is 2. The summed E-state index contributed by atoms with van der Waals surface area (Å²) in [5, 5.41) is 10.7. The fourth-order valence-corrected chi connectivity index (χ4v) is 2.32. The van der Waals surface area contributed by atoms with Gasteiger partial charge in [-0.05, 0) is 18.6 Å². The zero-order valence-electron chi connectivity index (χ0n) is 17.0. The van der Waals surface area contributed by atoms with Gasteiger partial charge in [0.1, 0.15) is 11.6 Å². The molecular formula is C19H21FN2O8. The van der Waals surface area contributed by atoms with Crippen molar-refractivity contribution in [2.45, 2.75) is 6.92 Å². The molecule has 2 aromatic rings. The van der Waals surface area contributed by atoms with Crippen LogP contribution in [0.2, 0.25) is 0 Å². The number of halogens is 1. The van der Waals surface area contributed by atoms with E-state index in [0.717, 1.165) is 6.07 Å². The maximum atomic E-state index is 13.2. The average Bonchev–Trinajstić information content (AvgIpc) is 2.72. The van der Waals surface area contributed by atoms with Crippen LogP contribution in [-0.4, -0.2) is 45.3 Å². The number of nitrogen functional groups attached to an aromatic ring is 1. The standard InChI is InChI=1S/C10H11NO5.C9H10FNO3/c1-6-4-8(11(13)14)9(15-2)5-7(6)10(12)16-3;1-13-8-3-5(9(12)14-2)6(10)4-7(8)11/h4-5H,1-3H3;3-4H,11H2,1-2H3. The van der Waals surface area contributed by atoms with Gasteiger partial charge in [0, 0.05) is 18.2 Å². The first-order valence-corrected chi connectivity index (χ1v) is 8.23. The Morgan fingerprint density at radius 1 is 0.933 bits per heavy atom. The third kappa shape index (κ3) is 5.56. The van der Waals surface area contributed by atoms with E-state index in [0.29, 0.717) is 5.56 Å². The van der Waals surface area contributed by atoms with Crippen molar-refractivity contribution < 1.29 is 37.9 Å². The summed E-state index contributed by atoms with van der Waals surface area (Å²) < 4.78 is 31.8. The predicted molar refractivity (Wildman–Crippen MR) is 104 cm³/mol. The number of nitro groups is 1. The fraction of sp³-hybridized carbons (Fsp3) is 0.263. The number of aryl methyl sites for hydroxylation is 1. The highest BCUT2D eigenvalue weighted by molar-refractivity contribution is 5.92. The summed E-state index contributed by atoms with van der Waals surface area (Å²) in [6, 6.07) is 4.81. The van der Waals surface area contributed by atoms with Gasteiger partial charge in [0.05, 0.1) is 50.2 Å². The lowest BCUT2D eigenvalue weighted by Crippen LogP contribution is -2.06. The highest BCUT2D eigenvalue weighted by Crippen LogP contribution is 2.30. The van der Waals surface area contributed by atoms with Crippen LogP contribution in [0.3, 0.4) is 0 Å². The van der Waals surface area contributed by atoms with Crippen molar-refractivity contribution in [1.29, 1.82) is 0 Å². The zero-order valence-corrected chi connectivity index (χ0v) is 17.0. The molecule has 0 aliphatic heterocycles. The first-order valence-electron chi connectivity index (χ1n) is 8.23. The van der Waals surface area contributed by atoms with Crippen molar-refractivity contribution in [3.63, 3.8) is 0 Å².